The van der Waals surface area contributed by atoms with E-state index in [0.717, 1.165) is 11.7 Å². The van der Waals surface area contributed by atoms with Crippen molar-refractivity contribution in [2.45, 2.75) is 6.54 Å². The number of aromatic hydroxyl groups is 1. The summed E-state index contributed by atoms with van der Waals surface area (Å²) in [6.45, 7) is -0.258. The first-order valence-corrected chi connectivity index (χ1v) is 8.32. The predicted molar refractivity (Wildman–Crippen MR) is 98.9 cm³/mol. The van der Waals surface area contributed by atoms with Crippen LogP contribution >= 0.6 is 34.9 Å². The Morgan fingerprint density at radius 3 is 2.72 bits per heavy atom. The highest BCUT2D eigenvalue weighted by molar-refractivity contribution is 7.00. The first kappa shape index (κ1) is 17.6. The number of pyridine rings is 1. The molecule has 0 amide bonds. The van der Waals surface area contributed by atoms with Crippen molar-refractivity contribution in [3.05, 3.63) is 32.5 Å². The molecule has 10 heteroatoms. The minimum Gasteiger partial charge on any atom is -0.505 e. The van der Waals surface area contributed by atoms with Gasteiger partial charge in [-0.15, -0.1) is 6.42 Å². The number of benzene rings is 1. The maximum absolute atomic E-state index is 13.0. The second-order valence-corrected chi connectivity index (χ2v) is 6.14. The molecule has 0 fully saturated rings. The Kier molecular flexibility index (Phi) is 4.90. The fourth-order valence-corrected chi connectivity index (χ4v) is 3.42. The molecule has 0 bridgehead atoms. The lowest BCUT2D eigenvalue weighted by Crippen LogP contribution is -2.22. The van der Waals surface area contributed by atoms with Gasteiger partial charge in [-0.2, -0.15) is 8.75 Å². The Balaban J connectivity index is 2.48. The largest absolute Gasteiger partial charge is 0.505 e. The van der Waals surface area contributed by atoms with Crippen LogP contribution in [0.3, 0.4) is 0 Å². The number of hydrogen-bond donors (Lipinski definition) is 1. The van der Waals surface area contributed by atoms with E-state index in [-0.39, 0.29) is 56.9 Å². The summed E-state index contributed by atoms with van der Waals surface area (Å²) in [6.07, 6.45) is 5.34. The molecule has 1 aromatic carbocycles. The van der Waals surface area contributed by atoms with Gasteiger partial charge in [-0.05, 0) is 12.1 Å². The van der Waals surface area contributed by atoms with E-state index in [2.05, 4.69) is 14.7 Å². The van der Waals surface area contributed by atoms with E-state index in [4.69, 9.17) is 42.2 Å². The van der Waals surface area contributed by atoms with Gasteiger partial charge in [0.2, 0.25) is 0 Å². The third-order valence-corrected chi connectivity index (χ3v) is 4.56. The molecular formula is C15H8BCl2N3O3S. The van der Waals surface area contributed by atoms with Crippen LogP contribution in [0.25, 0.3) is 22.3 Å². The highest BCUT2D eigenvalue weighted by atomic mass is 35.5. The van der Waals surface area contributed by atoms with Gasteiger partial charge in [-0.25, -0.2) is 0 Å². The molecule has 6 nitrogen and oxygen atoms in total. The zero-order chi connectivity index (χ0) is 18.1. The van der Waals surface area contributed by atoms with Crippen molar-refractivity contribution in [2.75, 3.05) is 6.51 Å². The summed E-state index contributed by atoms with van der Waals surface area (Å²) >= 11 is 13.2. The monoisotopic (exact) mass is 391 g/mol. The van der Waals surface area contributed by atoms with Crippen LogP contribution in [-0.2, 0) is 6.54 Å². The van der Waals surface area contributed by atoms with Gasteiger partial charge in [0.1, 0.15) is 13.6 Å². The molecule has 1 N–H and O–H groups in total. The summed E-state index contributed by atoms with van der Waals surface area (Å²) in [5.74, 6) is 2.08. The number of rotatable bonds is 4. The Bertz CT molecular complexity index is 1070. The quantitative estimate of drug-likeness (QED) is 0.546. The molecule has 0 saturated heterocycles. The molecular weight excluding hydrogens is 384 g/mol. The molecule has 0 aliphatic carbocycles. The Labute approximate surface area is 157 Å². The molecule has 2 heterocycles. The predicted octanol–water partition coefficient (Wildman–Crippen LogP) is 2.67. The number of aromatic nitrogens is 3. The third-order valence-electron chi connectivity index (χ3n) is 3.43. The molecule has 0 saturated carbocycles. The second-order valence-electron chi connectivity index (χ2n) is 4.80. The van der Waals surface area contributed by atoms with E-state index in [9.17, 15) is 9.90 Å². The number of halogens is 2. The molecule has 0 aliphatic heterocycles. The number of fused-ring (bicyclic) bond motifs is 1. The lowest BCUT2D eigenvalue weighted by molar-refractivity contribution is 0.389. The number of ether oxygens (including phenoxy) is 1. The molecule has 2 radical (unpaired) electrons. The van der Waals surface area contributed by atoms with Crippen molar-refractivity contribution < 1.29 is 9.84 Å². The standard InChI is InChI=1S/C15H8BCl2N3O3S/c1-2-5-21-14-11(19-25-20-14)12(22)10(15(21)23)9-7(17)3-4-8(18)13(9)24-6-16/h1,3-4,22H,5-6H2. The minimum absolute atomic E-state index is 0.0563. The lowest BCUT2D eigenvalue weighted by atomic mass is 10.0. The number of hydrogen-bond acceptors (Lipinski definition) is 6. The van der Waals surface area contributed by atoms with Gasteiger partial charge < -0.3 is 9.84 Å². The fraction of sp³-hybridized carbons (Fsp3) is 0.133. The Hall–Kier alpha value is -2.21. The molecule has 0 unspecified atom stereocenters. The normalized spacial score (nSPS) is 10.8. The smallest absolute Gasteiger partial charge is 0.265 e. The van der Waals surface area contributed by atoms with Crippen molar-refractivity contribution >= 4 is 53.9 Å². The molecule has 124 valence electrons. The van der Waals surface area contributed by atoms with Crippen LogP contribution in [0.15, 0.2) is 16.9 Å². The van der Waals surface area contributed by atoms with Gasteiger partial charge in [-0.1, -0.05) is 29.1 Å². The van der Waals surface area contributed by atoms with Crippen LogP contribution in [0.1, 0.15) is 0 Å². The number of nitrogens with zero attached hydrogens (tertiary/aromatic N) is 3. The Morgan fingerprint density at radius 2 is 2.04 bits per heavy atom. The van der Waals surface area contributed by atoms with E-state index in [1.54, 1.807) is 0 Å². The van der Waals surface area contributed by atoms with Gasteiger partial charge in [0, 0.05) is 6.51 Å². The van der Waals surface area contributed by atoms with Crippen LogP contribution < -0.4 is 10.3 Å². The van der Waals surface area contributed by atoms with Crippen molar-refractivity contribution in [3.8, 4) is 35.0 Å². The van der Waals surface area contributed by atoms with E-state index in [0.29, 0.717) is 0 Å². The molecule has 2 aromatic heterocycles. The lowest BCUT2D eigenvalue weighted by Gasteiger charge is -2.16. The summed E-state index contributed by atoms with van der Waals surface area (Å²) in [4.78, 5) is 13.0. The molecule has 0 atom stereocenters. The van der Waals surface area contributed by atoms with Crippen LogP contribution in [0, 0.1) is 12.3 Å². The van der Waals surface area contributed by atoms with Gasteiger partial charge in [-0.3, -0.25) is 9.36 Å². The summed E-state index contributed by atoms with van der Waals surface area (Å²) < 4.78 is 14.6. The van der Waals surface area contributed by atoms with Crippen molar-refractivity contribution in [2.24, 2.45) is 0 Å². The summed E-state index contributed by atoms with van der Waals surface area (Å²) in [5, 5.41) is 11.0. The van der Waals surface area contributed by atoms with Gasteiger partial charge in [0.05, 0.1) is 39.4 Å². The summed E-state index contributed by atoms with van der Waals surface area (Å²) in [5.41, 5.74) is -0.297. The van der Waals surface area contributed by atoms with E-state index in [1.807, 2.05) is 0 Å². The van der Waals surface area contributed by atoms with Gasteiger partial charge >= 0.3 is 0 Å². The zero-order valence-electron chi connectivity index (χ0n) is 12.5. The minimum atomic E-state index is -0.596. The van der Waals surface area contributed by atoms with Crippen molar-refractivity contribution in [3.63, 3.8) is 0 Å². The first-order valence-electron chi connectivity index (χ1n) is 6.84. The summed E-state index contributed by atoms with van der Waals surface area (Å²) in [6, 6.07) is 2.98. The molecule has 0 spiro atoms. The van der Waals surface area contributed by atoms with E-state index < -0.39 is 5.56 Å². The average Bonchev–Trinajstić information content (AvgIpc) is 3.07. The van der Waals surface area contributed by atoms with Crippen molar-refractivity contribution in [1.29, 1.82) is 0 Å². The van der Waals surface area contributed by atoms with Gasteiger partial charge in [0.15, 0.2) is 16.9 Å². The maximum Gasteiger partial charge on any atom is 0.265 e. The molecule has 3 aromatic rings. The van der Waals surface area contributed by atoms with E-state index in [1.165, 1.54) is 16.7 Å². The van der Waals surface area contributed by atoms with Gasteiger partial charge in [0.25, 0.3) is 5.56 Å². The maximum atomic E-state index is 13.0. The summed E-state index contributed by atoms with van der Waals surface area (Å²) in [7, 11) is 5.44. The van der Waals surface area contributed by atoms with Crippen LogP contribution in [0.5, 0.6) is 11.5 Å². The van der Waals surface area contributed by atoms with Crippen LogP contribution in [0.2, 0.25) is 10.0 Å². The SMILES string of the molecule is [B]COc1c(Cl)ccc(Cl)c1-c1c(O)c2nsnc2n(CC#C)c1=O. The molecule has 25 heavy (non-hydrogen) atoms. The highest BCUT2D eigenvalue weighted by Crippen LogP contribution is 2.44. The molecule has 0 aliphatic rings. The number of terminal acetylenes is 1. The Morgan fingerprint density at radius 1 is 1.32 bits per heavy atom. The van der Waals surface area contributed by atoms with Crippen LogP contribution in [0.4, 0.5) is 0 Å². The average molecular weight is 392 g/mol. The van der Waals surface area contributed by atoms with Crippen LogP contribution in [-0.4, -0.2) is 32.8 Å². The fourth-order valence-electron chi connectivity index (χ4n) is 2.41. The first-order chi connectivity index (χ1) is 12.0. The second kappa shape index (κ2) is 6.96. The third kappa shape index (κ3) is 2.84. The highest BCUT2D eigenvalue weighted by Gasteiger charge is 2.26. The zero-order valence-corrected chi connectivity index (χ0v) is 14.8. The van der Waals surface area contributed by atoms with Crippen molar-refractivity contribution in [1.82, 2.24) is 13.3 Å². The molecule has 3 rings (SSSR count). The van der Waals surface area contributed by atoms with E-state index >= 15 is 0 Å². The topological polar surface area (TPSA) is 77.2 Å².